The van der Waals surface area contributed by atoms with Gasteiger partial charge in [0, 0.05) is 23.8 Å². The second kappa shape index (κ2) is 7.60. The number of hydrogen-bond acceptors (Lipinski definition) is 3. The van der Waals surface area contributed by atoms with E-state index >= 15 is 0 Å². The molecule has 5 nitrogen and oxygen atoms in total. The van der Waals surface area contributed by atoms with Gasteiger partial charge in [0.15, 0.2) is 0 Å². The van der Waals surface area contributed by atoms with E-state index in [1.54, 1.807) is 35.2 Å². The first-order valence-corrected chi connectivity index (χ1v) is 10.4. The number of nitrogens with zero attached hydrogens (tertiary/aromatic N) is 1. The van der Waals surface area contributed by atoms with Gasteiger partial charge in [-0.15, -0.1) is 0 Å². The molecule has 0 fully saturated rings. The average Bonchev–Trinajstić information content (AvgIpc) is 2.97. The summed E-state index contributed by atoms with van der Waals surface area (Å²) in [5, 5.41) is 0. The first kappa shape index (κ1) is 18.6. The fraction of sp³-hybridized carbons (Fsp3) is 0.350. The molecule has 2 aromatic carbocycles. The van der Waals surface area contributed by atoms with E-state index in [1.807, 2.05) is 32.0 Å². The topological polar surface area (TPSA) is 66.5 Å². The van der Waals surface area contributed by atoms with Crippen molar-refractivity contribution in [2.75, 3.05) is 11.4 Å². The minimum absolute atomic E-state index is 0.0105. The predicted molar refractivity (Wildman–Crippen MR) is 103 cm³/mol. The summed E-state index contributed by atoms with van der Waals surface area (Å²) >= 11 is 0. The lowest BCUT2D eigenvalue weighted by Gasteiger charge is -2.23. The quantitative estimate of drug-likeness (QED) is 0.791. The molecule has 0 spiro atoms. The van der Waals surface area contributed by atoms with Crippen molar-refractivity contribution in [2.24, 2.45) is 0 Å². The van der Waals surface area contributed by atoms with Gasteiger partial charge in [-0.3, -0.25) is 4.79 Å². The van der Waals surface area contributed by atoms with E-state index in [0.717, 1.165) is 24.1 Å². The Bertz CT molecular complexity index is 895. The van der Waals surface area contributed by atoms with Crippen LogP contribution in [0, 0.1) is 0 Å². The van der Waals surface area contributed by atoms with Gasteiger partial charge in [-0.25, -0.2) is 13.1 Å². The number of hydrogen-bond donors (Lipinski definition) is 1. The zero-order valence-corrected chi connectivity index (χ0v) is 15.9. The monoisotopic (exact) mass is 372 g/mol. The number of anilines is 1. The molecule has 1 aliphatic rings. The Morgan fingerprint density at radius 2 is 1.92 bits per heavy atom. The molecule has 0 aromatic heterocycles. The Morgan fingerprint density at radius 1 is 1.19 bits per heavy atom. The van der Waals surface area contributed by atoms with Crippen LogP contribution in [0.2, 0.25) is 0 Å². The normalized spacial score (nSPS) is 16.5. The van der Waals surface area contributed by atoms with Crippen molar-refractivity contribution in [1.29, 1.82) is 0 Å². The smallest absolute Gasteiger partial charge is 0.258 e. The molecular weight excluding hydrogens is 348 g/mol. The van der Waals surface area contributed by atoms with Crippen molar-refractivity contribution >= 4 is 21.6 Å². The molecule has 0 aliphatic carbocycles. The van der Waals surface area contributed by atoms with E-state index in [-0.39, 0.29) is 16.8 Å². The van der Waals surface area contributed by atoms with E-state index < -0.39 is 10.0 Å². The molecule has 1 aliphatic heterocycles. The third kappa shape index (κ3) is 3.66. The summed E-state index contributed by atoms with van der Waals surface area (Å²) in [6, 6.07) is 14.2. The molecule has 6 heteroatoms. The summed E-state index contributed by atoms with van der Waals surface area (Å²) in [5.74, 6) is -0.0615. The van der Waals surface area contributed by atoms with Crippen LogP contribution < -0.4 is 9.62 Å². The highest BCUT2D eigenvalue weighted by atomic mass is 32.2. The Balaban J connectivity index is 1.88. The average molecular weight is 372 g/mol. The van der Waals surface area contributed by atoms with Gasteiger partial charge in [0.25, 0.3) is 5.91 Å². The first-order valence-electron chi connectivity index (χ1n) is 8.95. The molecule has 1 amide bonds. The summed E-state index contributed by atoms with van der Waals surface area (Å²) < 4.78 is 27.5. The van der Waals surface area contributed by atoms with E-state index in [4.69, 9.17) is 0 Å². The van der Waals surface area contributed by atoms with Crippen LogP contribution in [-0.4, -0.2) is 26.9 Å². The highest BCUT2D eigenvalue weighted by molar-refractivity contribution is 7.89. The molecule has 1 atom stereocenters. The Labute approximate surface area is 155 Å². The van der Waals surface area contributed by atoms with Gasteiger partial charge in [0.1, 0.15) is 0 Å². The van der Waals surface area contributed by atoms with E-state index in [2.05, 4.69) is 4.72 Å². The Morgan fingerprint density at radius 3 is 2.62 bits per heavy atom. The summed E-state index contributed by atoms with van der Waals surface area (Å²) in [6.07, 6.45) is 2.38. The van der Waals surface area contributed by atoms with Crippen LogP contribution in [0.3, 0.4) is 0 Å². The van der Waals surface area contributed by atoms with Crippen LogP contribution in [0.1, 0.15) is 42.6 Å². The third-order valence-electron chi connectivity index (χ3n) is 4.64. The predicted octanol–water partition coefficient (Wildman–Crippen LogP) is 3.36. The van der Waals surface area contributed by atoms with Gasteiger partial charge in [-0.05, 0) is 55.7 Å². The Hall–Kier alpha value is -2.18. The van der Waals surface area contributed by atoms with Crippen LogP contribution in [-0.2, 0) is 16.4 Å². The van der Waals surface area contributed by atoms with Gasteiger partial charge in [0.05, 0.1) is 4.90 Å². The highest BCUT2D eigenvalue weighted by Crippen LogP contribution is 2.35. The number of benzene rings is 2. The molecule has 0 unspecified atom stereocenters. The second-order valence-electron chi connectivity index (χ2n) is 6.64. The van der Waals surface area contributed by atoms with Crippen LogP contribution in [0.15, 0.2) is 53.4 Å². The molecule has 0 bridgehead atoms. The van der Waals surface area contributed by atoms with E-state index in [9.17, 15) is 13.2 Å². The molecular formula is C20H24N2O3S. The molecule has 0 saturated heterocycles. The summed E-state index contributed by atoms with van der Waals surface area (Å²) in [5.41, 5.74) is 2.31. The fourth-order valence-corrected chi connectivity index (χ4v) is 4.39. The van der Waals surface area contributed by atoms with Gasteiger partial charge >= 0.3 is 0 Å². The van der Waals surface area contributed by atoms with Crippen molar-refractivity contribution < 1.29 is 13.2 Å². The van der Waals surface area contributed by atoms with Crippen molar-refractivity contribution in [3.05, 3.63) is 59.7 Å². The van der Waals surface area contributed by atoms with E-state index in [0.29, 0.717) is 18.5 Å². The summed E-state index contributed by atoms with van der Waals surface area (Å²) in [7, 11) is -3.51. The molecule has 0 radical (unpaired) electrons. The van der Waals surface area contributed by atoms with Crippen molar-refractivity contribution in [2.45, 2.75) is 44.0 Å². The molecule has 3 rings (SSSR count). The number of fused-ring (bicyclic) bond motifs is 1. The second-order valence-corrected chi connectivity index (χ2v) is 8.40. The zero-order chi connectivity index (χ0) is 18.7. The summed E-state index contributed by atoms with van der Waals surface area (Å²) in [6.45, 7) is 4.43. The van der Waals surface area contributed by atoms with Gasteiger partial charge < -0.3 is 4.90 Å². The molecule has 138 valence electrons. The molecule has 1 heterocycles. The van der Waals surface area contributed by atoms with Crippen LogP contribution >= 0.6 is 0 Å². The van der Waals surface area contributed by atoms with Crippen molar-refractivity contribution in [1.82, 2.24) is 4.72 Å². The number of nitrogens with one attached hydrogen (secondary N) is 1. The zero-order valence-electron chi connectivity index (χ0n) is 15.1. The van der Waals surface area contributed by atoms with E-state index in [1.165, 1.54) is 0 Å². The highest BCUT2D eigenvalue weighted by Gasteiger charge is 2.32. The van der Waals surface area contributed by atoms with Crippen LogP contribution in [0.25, 0.3) is 0 Å². The third-order valence-corrected chi connectivity index (χ3v) is 6.10. The molecule has 2 aromatic rings. The van der Waals surface area contributed by atoms with Crippen molar-refractivity contribution in [3.63, 3.8) is 0 Å². The molecule has 0 saturated carbocycles. The SMILES string of the molecule is CCCCNS(=O)(=O)c1ccc2c(c1)C[C@@H](C)N2C(=O)c1ccccc1. The molecule has 26 heavy (non-hydrogen) atoms. The van der Waals surface area contributed by atoms with Gasteiger partial charge in [-0.1, -0.05) is 31.5 Å². The maximum absolute atomic E-state index is 12.9. The lowest BCUT2D eigenvalue weighted by Crippen LogP contribution is -2.35. The maximum Gasteiger partial charge on any atom is 0.258 e. The number of carbonyl (C=O) groups excluding carboxylic acids is 1. The maximum atomic E-state index is 12.9. The minimum atomic E-state index is -3.51. The van der Waals surface area contributed by atoms with Crippen molar-refractivity contribution in [3.8, 4) is 0 Å². The lowest BCUT2D eigenvalue weighted by atomic mass is 10.1. The lowest BCUT2D eigenvalue weighted by molar-refractivity contribution is 0.0981. The minimum Gasteiger partial charge on any atom is -0.305 e. The number of rotatable bonds is 6. The van der Waals surface area contributed by atoms with Crippen LogP contribution in [0.5, 0.6) is 0 Å². The number of carbonyl (C=O) groups is 1. The standard InChI is InChI=1S/C20H24N2O3S/c1-3-4-12-21-26(24,25)18-10-11-19-17(14-18)13-15(2)22(19)20(23)16-8-6-5-7-9-16/h5-11,14-15,21H,3-4,12-13H2,1-2H3/t15-/m1/s1. The van der Waals surface area contributed by atoms with Gasteiger partial charge in [-0.2, -0.15) is 0 Å². The Kier molecular flexibility index (Phi) is 5.44. The number of amides is 1. The molecule has 1 N–H and O–H groups in total. The first-order chi connectivity index (χ1) is 12.4. The fourth-order valence-electron chi connectivity index (χ4n) is 3.27. The van der Waals surface area contributed by atoms with Crippen LogP contribution in [0.4, 0.5) is 5.69 Å². The van der Waals surface area contributed by atoms with Gasteiger partial charge in [0.2, 0.25) is 10.0 Å². The largest absolute Gasteiger partial charge is 0.305 e. The number of unbranched alkanes of at least 4 members (excludes halogenated alkanes) is 1. The summed E-state index contributed by atoms with van der Waals surface area (Å²) in [4.78, 5) is 14.9. The number of sulfonamides is 1.